The molecule has 3 rings (SSSR count). The first kappa shape index (κ1) is 15.9. The van der Waals surface area contributed by atoms with Crippen molar-refractivity contribution in [2.24, 2.45) is 5.92 Å². The van der Waals surface area contributed by atoms with Gasteiger partial charge in [-0.3, -0.25) is 9.59 Å². The Labute approximate surface area is 139 Å². The molecule has 1 atom stereocenters. The summed E-state index contributed by atoms with van der Waals surface area (Å²) in [5.74, 6) is -0.845. The number of nitrogens with zero attached hydrogens (tertiary/aromatic N) is 1. The van der Waals surface area contributed by atoms with Gasteiger partial charge in [0, 0.05) is 18.0 Å². The van der Waals surface area contributed by atoms with Gasteiger partial charge in [-0.15, -0.1) is 11.8 Å². The number of hydrogen-bond acceptors (Lipinski definition) is 3. The van der Waals surface area contributed by atoms with Crippen molar-refractivity contribution in [1.82, 2.24) is 4.90 Å². The second-order valence-electron chi connectivity index (χ2n) is 5.81. The monoisotopic (exact) mass is 329 g/mol. The molecule has 0 radical (unpaired) electrons. The molecule has 0 aromatic heterocycles. The summed E-state index contributed by atoms with van der Waals surface area (Å²) in [5.41, 5.74) is 0. The van der Waals surface area contributed by atoms with Crippen LogP contribution in [0.2, 0.25) is 0 Å². The van der Waals surface area contributed by atoms with Gasteiger partial charge < -0.3 is 10.0 Å². The van der Waals surface area contributed by atoms with Gasteiger partial charge in [-0.25, -0.2) is 0 Å². The molecule has 4 nitrogen and oxygen atoms in total. The number of carboxylic acid groups (broad SMARTS) is 1. The van der Waals surface area contributed by atoms with E-state index in [4.69, 9.17) is 5.11 Å². The van der Waals surface area contributed by atoms with Gasteiger partial charge in [0.1, 0.15) is 0 Å². The maximum Gasteiger partial charge on any atom is 0.308 e. The lowest BCUT2D eigenvalue weighted by Gasteiger charge is -2.30. The number of carbonyl (C=O) groups excluding carboxylic acids is 1. The van der Waals surface area contributed by atoms with E-state index in [-0.39, 0.29) is 5.91 Å². The van der Waals surface area contributed by atoms with E-state index < -0.39 is 11.9 Å². The topological polar surface area (TPSA) is 57.6 Å². The molecular formula is C18H19NO3S. The molecule has 120 valence electrons. The second-order valence-corrected chi connectivity index (χ2v) is 6.86. The Hall–Kier alpha value is -2.01. The van der Waals surface area contributed by atoms with Crippen molar-refractivity contribution in [1.29, 1.82) is 0 Å². The van der Waals surface area contributed by atoms with Gasteiger partial charge >= 0.3 is 5.97 Å². The third kappa shape index (κ3) is 3.85. The molecule has 23 heavy (non-hydrogen) atoms. The van der Waals surface area contributed by atoms with Crippen molar-refractivity contribution < 1.29 is 14.7 Å². The molecule has 2 aromatic carbocycles. The third-order valence-electron chi connectivity index (χ3n) is 4.21. The van der Waals surface area contributed by atoms with Crippen LogP contribution in [0.5, 0.6) is 0 Å². The molecule has 0 aliphatic carbocycles. The molecule has 2 aromatic rings. The Kier molecular flexibility index (Phi) is 4.86. The maximum absolute atomic E-state index is 12.3. The molecule has 1 fully saturated rings. The standard InChI is InChI=1S/C18H19NO3S/c20-17(19-9-3-6-15(11-19)18(21)22)12-23-16-8-7-13-4-1-2-5-14(13)10-16/h1-2,4-5,7-8,10,15H,3,6,9,11-12H2,(H,21,22)/t15-/m0/s1. The summed E-state index contributed by atoms with van der Waals surface area (Å²) in [7, 11) is 0. The van der Waals surface area contributed by atoms with Crippen LogP contribution in [0.1, 0.15) is 12.8 Å². The maximum atomic E-state index is 12.3. The van der Waals surface area contributed by atoms with Crippen LogP contribution in [0.15, 0.2) is 47.4 Å². The first-order valence-electron chi connectivity index (χ1n) is 7.75. The normalized spacial score (nSPS) is 18.1. The lowest BCUT2D eigenvalue weighted by molar-refractivity contribution is -0.145. The minimum atomic E-state index is -0.801. The van der Waals surface area contributed by atoms with Crippen LogP contribution >= 0.6 is 11.8 Å². The zero-order valence-electron chi connectivity index (χ0n) is 12.8. The van der Waals surface area contributed by atoms with Crippen molar-refractivity contribution in [2.45, 2.75) is 17.7 Å². The fraction of sp³-hybridized carbons (Fsp3) is 0.333. The van der Waals surface area contributed by atoms with Gasteiger partial charge in [0.25, 0.3) is 0 Å². The summed E-state index contributed by atoms with van der Waals surface area (Å²) in [6.07, 6.45) is 1.43. The Morgan fingerprint density at radius 1 is 1.17 bits per heavy atom. The average molecular weight is 329 g/mol. The van der Waals surface area contributed by atoms with Crippen molar-refractivity contribution in [3.63, 3.8) is 0 Å². The Balaban J connectivity index is 1.60. The molecule has 5 heteroatoms. The van der Waals surface area contributed by atoms with E-state index >= 15 is 0 Å². The molecule has 1 aliphatic rings. The molecular weight excluding hydrogens is 310 g/mol. The minimum absolute atomic E-state index is 0.0223. The summed E-state index contributed by atoms with van der Waals surface area (Å²) < 4.78 is 0. The van der Waals surface area contributed by atoms with Gasteiger partial charge in [-0.05, 0) is 35.7 Å². The van der Waals surface area contributed by atoms with Crippen LogP contribution in [0.25, 0.3) is 10.8 Å². The fourth-order valence-electron chi connectivity index (χ4n) is 2.90. The zero-order valence-corrected chi connectivity index (χ0v) is 13.6. The largest absolute Gasteiger partial charge is 0.481 e. The summed E-state index contributed by atoms with van der Waals surface area (Å²) in [5, 5.41) is 11.4. The van der Waals surface area contributed by atoms with Crippen LogP contribution in [-0.2, 0) is 9.59 Å². The summed E-state index contributed by atoms with van der Waals surface area (Å²) >= 11 is 1.51. The van der Waals surface area contributed by atoms with Gasteiger partial charge in [-0.1, -0.05) is 30.3 Å². The lowest BCUT2D eigenvalue weighted by atomic mass is 9.98. The van der Waals surface area contributed by atoms with Gasteiger partial charge in [0.2, 0.25) is 5.91 Å². The van der Waals surface area contributed by atoms with Gasteiger partial charge in [0.15, 0.2) is 0 Å². The van der Waals surface area contributed by atoms with Gasteiger partial charge in [0.05, 0.1) is 11.7 Å². The van der Waals surface area contributed by atoms with Crippen LogP contribution in [0, 0.1) is 5.92 Å². The van der Waals surface area contributed by atoms with E-state index in [9.17, 15) is 9.59 Å². The van der Waals surface area contributed by atoms with Crippen LogP contribution < -0.4 is 0 Å². The van der Waals surface area contributed by atoms with Crippen molar-refractivity contribution >= 4 is 34.4 Å². The SMILES string of the molecule is O=C(O)[C@H]1CCCN(C(=O)CSc2ccc3ccccc3c2)C1. The Bertz CT molecular complexity index is 731. The van der Waals surface area contributed by atoms with Gasteiger partial charge in [-0.2, -0.15) is 0 Å². The molecule has 1 heterocycles. The predicted octanol–water partition coefficient (Wildman–Crippen LogP) is 3.26. The van der Waals surface area contributed by atoms with E-state index in [2.05, 4.69) is 24.3 Å². The Morgan fingerprint density at radius 3 is 2.74 bits per heavy atom. The van der Waals surface area contributed by atoms with E-state index in [1.165, 1.54) is 17.1 Å². The number of likely N-dealkylation sites (tertiary alicyclic amines) is 1. The minimum Gasteiger partial charge on any atom is -0.481 e. The number of carbonyl (C=O) groups is 2. The van der Waals surface area contributed by atoms with E-state index in [0.29, 0.717) is 25.3 Å². The quantitative estimate of drug-likeness (QED) is 0.875. The number of amides is 1. The van der Waals surface area contributed by atoms with Crippen LogP contribution in [0.4, 0.5) is 0 Å². The average Bonchev–Trinajstić information content (AvgIpc) is 2.59. The second kappa shape index (κ2) is 7.04. The molecule has 0 saturated carbocycles. The molecule has 1 aliphatic heterocycles. The number of thioether (sulfide) groups is 1. The van der Waals surface area contributed by atoms with E-state index in [0.717, 1.165) is 16.7 Å². The lowest BCUT2D eigenvalue weighted by Crippen LogP contribution is -2.43. The number of hydrogen-bond donors (Lipinski definition) is 1. The first-order valence-corrected chi connectivity index (χ1v) is 8.74. The zero-order chi connectivity index (χ0) is 16.2. The van der Waals surface area contributed by atoms with Crippen molar-refractivity contribution in [2.75, 3.05) is 18.8 Å². The summed E-state index contributed by atoms with van der Waals surface area (Å²) in [4.78, 5) is 26.1. The molecule has 1 amide bonds. The fourth-order valence-corrected chi connectivity index (χ4v) is 3.75. The molecule has 0 unspecified atom stereocenters. The molecule has 1 N–H and O–H groups in total. The summed E-state index contributed by atoms with van der Waals surface area (Å²) in [6, 6.07) is 14.3. The number of carboxylic acids is 1. The first-order chi connectivity index (χ1) is 11.1. The summed E-state index contributed by atoms with van der Waals surface area (Å²) in [6.45, 7) is 1.01. The highest BCUT2D eigenvalue weighted by Gasteiger charge is 2.27. The Morgan fingerprint density at radius 2 is 1.96 bits per heavy atom. The third-order valence-corrected chi connectivity index (χ3v) is 5.19. The van der Waals surface area contributed by atoms with E-state index in [1.807, 2.05) is 18.2 Å². The molecule has 0 spiro atoms. The predicted molar refractivity (Wildman–Crippen MR) is 91.6 cm³/mol. The van der Waals surface area contributed by atoms with E-state index in [1.54, 1.807) is 4.90 Å². The van der Waals surface area contributed by atoms with Crippen molar-refractivity contribution in [3.8, 4) is 0 Å². The highest BCUT2D eigenvalue weighted by Crippen LogP contribution is 2.25. The smallest absolute Gasteiger partial charge is 0.308 e. The van der Waals surface area contributed by atoms with Crippen LogP contribution in [-0.4, -0.2) is 40.7 Å². The number of piperidine rings is 1. The number of fused-ring (bicyclic) bond motifs is 1. The highest BCUT2D eigenvalue weighted by atomic mass is 32.2. The highest BCUT2D eigenvalue weighted by molar-refractivity contribution is 8.00. The number of rotatable bonds is 4. The van der Waals surface area contributed by atoms with Crippen LogP contribution in [0.3, 0.4) is 0 Å². The number of benzene rings is 2. The number of aliphatic carboxylic acids is 1. The van der Waals surface area contributed by atoms with Crippen molar-refractivity contribution in [3.05, 3.63) is 42.5 Å². The molecule has 0 bridgehead atoms. The molecule has 1 saturated heterocycles.